The second-order valence-corrected chi connectivity index (χ2v) is 4.99. The summed E-state index contributed by atoms with van der Waals surface area (Å²) in [5, 5.41) is 0. The number of hydrogen-bond acceptors (Lipinski definition) is 2. The van der Waals surface area contributed by atoms with E-state index in [4.69, 9.17) is 16.0 Å². The summed E-state index contributed by atoms with van der Waals surface area (Å²) >= 11 is 7.60. The van der Waals surface area contributed by atoms with Crippen LogP contribution in [-0.4, -0.2) is 11.6 Å². The average molecular weight is 233 g/mol. The Labute approximate surface area is 95.2 Å². The van der Waals surface area contributed by atoms with Crippen molar-refractivity contribution < 1.29 is 4.42 Å². The van der Waals surface area contributed by atoms with Crippen LogP contribution in [0.2, 0.25) is 0 Å². The van der Waals surface area contributed by atoms with Crippen LogP contribution in [0.3, 0.4) is 0 Å². The highest BCUT2D eigenvalue weighted by molar-refractivity contribution is 7.98. The third-order valence-corrected chi connectivity index (χ3v) is 3.41. The monoisotopic (exact) mass is 232 g/mol. The van der Waals surface area contributed by atoms with E-state index in [1.165, 1.54) is 12.2 Å². The number of hydrogen-bond donors (Lipinski definition) is 0. The summed E-state index contributed by atoms with van der Waals surface area (Å²) in [6.07, 6.45) is 4.10. The summed E-state index contributed by atoms with van der Waals surface area (Å²) in [7, 11) is 0. The summed E-state index contributed by atoms with van der Waals surface area (Å²) in [5.74, 6) is 4.78. The number of alkyl halides is 1. The van der Waals surface area contributed by atoms with E-state index in [1.807, 2.05) is 23.9 Å². The van der Waals surface area contributed by atoms with E-state index in [-0.39, 0.29) is 0 Å². The average Bonchev–Trinajstić information content (AvgIpc) is 2.65. The van der Waals surface area contributed by atoms with Crippen molar-refractivity contribution >= 4 is 23.4 Å². The van der Waals surface area contributed by atoms with Crippen molar-refractivity contribution in [3.63, 3.8) is 0 Å². The molecule has 0 bridgehead atoms. The molecule has 0 saturated heterocycles. The quantitative estimate of drug-likeness (QED) is 0.517. The van der Waals surface area contributed by atoms with Crippen LogP contribution < -0.4 is 0 Å². The van der Waals surface area contributed by atoms with Crippen LogP contribution in [0.25, 0.3) is 0 Å². The molecule has 14 heavy (non-hydrogen) atoms. The number of furan rings is 1. The third kappa shape index (κ3) is 4.97. The Morgan fingerprint density at radius 3 is 3.00 bits per heavy atom. The molecule has 1 heterocycles. The van der Waals surface area contributed by atoms with Gasteiger partial charge < -0.3 is 4.42 Å². The van der Waals surface area contributed by atoms with E-state index in [0.717, 1.165) is 29.7 Å². The Morgan fingerprint density at radius 2 is 2.36 bits per heavy atom. The van der Waals surface area contributed by atoms with Gasteiger partial charge >= 0.3 is 0 Å². The molecule has 1 aromatic rings. The van der Waals surface area contributed by atoms with Crippen LogP contribution in [-0.2, 0) is 5.75 Å². The van der Waals surface area contributed by atoms with E-state index in [0.29, 0.717) is 0 Å². The normalized spacial score (nSPS) is 13.0. The van der Waals surface area contributed by atoms with Crippen molar-refractivity contribution in [2.45, 2.75) is 25.5 Å². The lowest BCUT2D eigenvalue weighted by Crippen LogP contribution is -1.97. The summed E-state index contributed by atoms with van der Waals surface area (Å²) in [4.78, 5) is 0. The molecular weight excluding hydrogens is 216 g/mol. The van der Waals surface area contributed by atoms with Crippen molar-refractivity contribution in [1.82, 2.24) is 0 Å². The maximum absolute atomic E-state index is 5.67. The van der Waals surface area contributed by atoms with Gasteiger partial charge in [-0.2, -0.15) is 11.8 Å². The van der Waals surface area contributed by atoms with Crippen LogP contribution in [0.1, 0.15) is 25.5 Å². The molecule has 0 aliphatic heterocycles. The molecule has 80 valence electrons. The molecule has 0 saturated carbocycles. The highest BCUT2D eigenvalue weighted by Gasteiger charge is 2.01. The molecule has 0 fully saturated rings. The van der Waals surface area contributed by atoms with E-state index >= 15 is 0 Å². The van der Waals surface area contributed by atoms with Crippen LogP contribution in [0.5, 0.6) is 0 Å². The highest BCUT2D eigenvalue weighted by Crippen LogP contribution is 2.17. The van der Waals surface area contributed by atoms with E-state index < -0.39 is 0 Å². The van der Waals surface area contributed by atoms with Gasteiger partial charge in [0.05, 0.1) is 12.0 Å². The first kappa shape index (κ1) is 12.0. The van der Waals surface area contributed by atoms with Gasteiger partial charge in [0, 0.05) is 5.88 Å². The summed E-state index contributed by atoms with van der Waals surface area (Å²) in [6.45, 7) is 2.26. The van der Waals surface area contributed by atoms with Crippen molar-refractivity contribution in [3.05, 3.63) is 24.2 Å². The Kier molecular flexibility index (Phi) is 6.20. The molecule has 0 radical (unpaired) electrons. The first-order valence-electron chi connectivity index (χ1n) is 4.99. The largest absolute Gasteiger partial charge is 0.468 e. The van der Waals surface area contributed by atoms with Gasteiger partial charge in [-0.3, -0.25) is 0 Å². The topological polar surface area (TPSA) is 13.1 Å². The molecule has 1 atom stereocenters. The predicted molar refractivity (Wildman–Crippen MR) is 64.0 cm³/mol. The molecule has 1 aromatic heterocycles. The van der Waals surface area contributed by atoms with Crippen molar-refractivity contribution in [3.8, 4) is 0 Å². The zero-order chi connectivity index (χ0) is 10.2. The highest BCUT2D eigenvalue weighted by atomic mass is 35.5. The lowest BCUT2D eigenvalue weighted by Gasteiger charge is -2.07. The fourth-order valence-electron chi connectivity index (χ4n) is 1.18. The van der Waals surface area contributed by atoms with Crippen molar-refractivity contribution in [2.75, 3.05) is 11.6 Å². The Balaban J connectivity index is 1.99. The molecule has 0 amide bonds. The van der Waals surface area contributed by atoms with Gasteiger partial charge in [-0.25, -0.2) is 0 Å². The fraction of sp³-hybridized carbons (Fsp3) is 0.636. The predicted octanol–water partition coefficient (Wildman–Crippen LogP) is 4.17. The molecule has 0 aliphatic carbocycles. The molecular formula is C11H17ClOS. The second-order valence-electron chi connectivity index (χ2n) is 3.50. The van der Waals surface area contributed by atoms with Gasteiger partial charge in [0.2, 0.25) is 0 Å². The minimum absolute atomic E-state index is 0.747. The summed E-state index contributed by atoms with van der Waals surface area (Å²) < 4.78 is 5.25. The van der Waals surface area contributed by atoms with Gasteiger partial charge in [-0.15, -0.1) is 11.6 Å². The lowest BCUT2D eigenvalue weighted by atomic mass is 10.1. The van der Waals surface area contributed by atoms with Gasteiger partial charge in [-0.1, -0.05) is 6.92 Å². The summed E-state index contributed by atoms with van der Waals surface area (Å²) in [6, 6.07) is 3.96. The molecule has 0 aromatic carbocycles. The molecule has 1 unspecified atom stereocenters. The Hall–Kier alpha value is -0.0800. The number of rotatable bonds is 7. The molecule has 1 nitrogen and oxygen atoms in total. The van der Waals surface area contributed by atoms with E-state index in [1.54, 1.807) is 6.26 Å². The molecule has 0 N–H and O–H groups in total. The maximum Gasteiger partial charge on any atom is 0.113 e. The van der Waals surface area contributed by atoms with Gasteiger partial charge in [0.1, 0.15) is 5.76 Å². The summed E-state index contributed by atoms with van der Waals surface area (Å²) in [5.41, 5.74) is 0. The standard InChI is InChI=1S/C11H17ClOS/c1-10(4-6-12)5-8-14-9-11-3-2-7-13-11/h2-3,7,10H,4-6,8-9H2,1H3. The first-order valence-corrected chi connectivity index (χ1v) is 6.68. The molecule has 3 heteroatoms. The van der Waals surface area contributed by atoms with Crippen molar-refractivity contribution in [1.29, 1.82) is 0 Å². The van der Waals surface area contributed by atoms with Crippen LogP contribution in [0.4, 0.5) is 0 Å². The van der Waals surface area contributed by atoms with E-state index in [2.05, 4.69) is 6.92 Å². The van der Waals surface area contributed by atoms with Crippen LogP contribution >= 0.6 is 23.4 Å². The SMILES string of the molecule is CC(CCCl)CCSCc1ccco1. The molecule has 0 spiro atoms. The smallest absolute Gasteiger partial charge is 0.113 e. The van der Waals surface area contributed by atoms with Gasteiger partial charge in [-0.05, 0) is 36.6 Å². The number of thioether (sulfide) groups is 1. The van der Waals surface area contributed by atoms with Gasteiger partial charge in [0.15, 0.2) is 0 Å². The van der Waals surface area contributed by atoms with Crippen LogP contribution in [0, 0.1) is 5.92 Å². The van der Waals surface area contributed by atoms with Crippen LogP contribution in [0.15, 0.2) is 22.8 Å². The van der Waals surface area contributed by atoms with Crippen molar-refractivity contribution in [2.24, 2.45) is 5.92 Å². The Morgan fingerprint density at radius 1 is 1.50 bits per heavy atom. The zero-order valence-electron chi connectivity index (χ0n) is 8.54. The number of halogens is 1. The molecule has 0 aliphatic rings. The second kappa shape index (κ2) is 7.24. The minimum atomic E-state index is 0.747. The third-order valence-electron chi connectivity index (χ3n) is 2.18. The molecule has 1 rings (SSSR count). The fourth-order valence-corrected chi connectivity index (χ4v) is 2.63. The Bertz CT molecular complexity index is 223. The lowest BCUT2D eigenvalue weighted by molar-refractivity contribution is 0.529. The van der Waals surface area contributed by atoms with E-state index in [9.17, 15) is 0 Å². The maximum atomic E-state index is 5.67. The zero-order valence-corrected chi connectivity index (χ0v) is 10.1. The minimum Gasteiger partial charge on any atom is -0.468 e. The first-order chi connectivity index (χ1) is 6.83. The van der Waals surface area contributed by atoms with Gasteiger partial charge in [0.25, 0.3) is 0 Å².